The lowest BCUT2D eigenvalue weighted by molar-refractivity contribution is -0.217. The van der Waals surface area contributed by atoms with Crippen LogP contribution in [0.4, 0.5) is 0 Å². The molecule has 2 aromatic carbocycles. The lowest BCUT2D eigenvalue weighted by Gasteiger charge is -2.35. The maximum atomic E-state index is 11.5. The third-order valence-corrected chi connectivity index (χ3v) is 7.45. The van der Waals surface area contributed by atoms with Crippen LogP contribution in [0.15, 0.2) is 42.5 Å². The number of carbonyl (C=O) groups excluding carboxylic acids is 1. The Kier molecular flexibility index (Phi) is 10.8. The van der Waals surface area contributed by atoms with Gasteiger partial charge in [0.05, 0.1) is 27.7 Å². The van der Waals surface area contributed by atoms with Gasteiger partial charge in [-0.3, -0.25) is 14.7 Å². The number of aliphatic hydroxyl groups is 1. The molecule has 0 bridgehead atoms. The summed E-state index contributed by atoms with van der Waals surface area (Å²) in [4.78, 5) is 30.5. The molecule has 0 radical (unpaired) electrons. The number of thiazole rings is 1. The number of benzene rings is 2. The van der Waals surface area contributed by atoms with Crippen molar-refractivity contribution >= 4 is 27.5 Å². The Morgan fingerprint density at radius 1 is 0.974 bits per heavy atom. The van der Waals surface area contributed by atoms with Gasteiger partial charge in [-0.1, -0.05) is 13.8 Å². The van der Waals surface area contributed by atoms with Crippen LogP contribution < -0.4 is 14.4 Å². The van der Waals surface area contributed by atoms with Crippen molar-refractivity contribution in [1.82, 2.24) is 14.8 Å². The topological polar surface area (TPSA) is 93.6 Å². The van der Waals surface area contributed by atoms with E-state index in [1.165, 1.54) is 0 Å². The molecule has 9 nitrogen and oxygen atoms in total. The first-order valence-corrected chi connectivity index (χ1v) is 14.4. The van der Waals surface area contributed by atoms with E-state index in [0.717, 1.165) is 72.3 Å². The van der Waals surface area contributed by atoms with Gasteiger partial charge in [-0.2, -0.15) is 0 Å². The highest BCUT2D eigenvalue weighted by atomic mass is 32.1. The number of carbonyl (C=O) groups is 1. The molecule has 0 spiro atoms. The first-order valence-electron chi connectivity index (χ1n) is 13.6. The number of piperazine rings is 1. The lowest BCUT2D eigenvalue weighted by Crippen LogP contribution is -2.49. The number of fused-ring (bicyclic) bond motifs is 1. The van der Waals surface area contributed by atoms with E-state index in [-0.39, 0.29) is 12.5 Å². The summed E-state index contributed by atoms with van der Waals surface area (Å²) >= 11 is 1.67. The van der Waals surface area contributed by atoms with E-state index in [0.29, 0.717) is 18.9 Å². The predicted molar refractivity (Wildman–Crippen MR) is 151 cm³/mol. The van der Waals surface area contributed by atoms with Gasteiger partial charge in [-0.15, -0.1) is 11.3 Å². The summed E-state index contributed by atoms with van der Waals surface area (Å²) in [5.74, 6) is 1.31. The molecular weight excluding hydrogens is 518 g/mol. The van der Waals surface area contributed by atoms with E-state index in [4.69, 9.17) is 19.2 Å². The zero-order valence-electron chi connectivity index (χ0n) is 23.0. The number of nitrogens with zero attached hydrogens (tertiary/aromatic N) is 3. The first kappa shape index (κ1) is 29.1. The molecule has 2 heterocycles. The minimum absolute atomic E-state index is 0.240. The number of aryl methyl sites for hydroxylation is 1. The number of ether oxygens (including phenoxy) is 2. The minimum atomic E-state index is -0.530. The van der Waals surface area contributed by atoms with E-state index in [1.54, 1.807) is 49.4 Å². The van der Waals surface area contributed by atoms with Crippen LogP contribution in [0, 0.1) is 12.8 Å². The van der Waals surface area contributed by atoms with Gasteiger partial charge >= 0.3 is 5.97 Å². The summed E-state index contributed by atoms with van der Waals surface area (Å²) in [6.07, 6.45) is 1.50. The second-order valence-corrected chi connectivity index (χ2v) is 11.4. The number of aromatic nitrogens is 1. The molecule has 0 amide bonds. The predicted octanol–water partition coefficient (Wildman–Crippen LogP) is 4.31. The van der Waals surface area contributed by atoms with Crippen LogP contribution in [0.2, 0.25) is 0 Å². The fourth-order valence-electron chi connectivity index (χ4n) is 4.26. The largest absolute Gasteiger partial charge is 0.494 e. The Balaban J connectivity index is 1.04. The summed E-state index contributed by atoms with van der Waals surface area (Å²) in [5.41, 5.74) is 0.944. The van der Waals surface area contributed by atoms with Gasteiger partial charge < -0.3 is 19.5 Å². The van der Waals surface area contributed by atoms with E-state index < -0.39 is 12.1 Å². The Labute approximate surface area is 234 Å². The van der Waals surface area contributed by atoms with Gasteiger partial charge in [0, 0.05) is 38.8 Å². The number of β-amino-alcohol motifs (C(OH)–C–C–N with tert-alkyl or cyclic N) is 1. The smallest absolute Gasteiger partial charge is 0.357 e. The van der Waals surface area contributed by atoms with Gasteiger partial charge in [-0.05, 0) is 62.7 Å². The Hall–Kier alpha value is -2.92. The van der Waals surface area contributed by atoms with Gasteiger partial charge in [0.15, 0.2) is 5.75 Å². The quantitative estimate of drug-likeness (QED) is 0.177. The second-order valence-electron chi connectivity index (χ2n) is 10.1. The number of aliphatic hydroxyl groups excluding tert-OH is 1. The molecule has 39 heavy (non-hydrogen) atoms. The Morgan fingerprint density at radius 2 is 1.67 bits per heavy atom. The standard InChI is InChI=1S/C29H39N3O6S/c1-21(2)29(34)38-37-25-8-6-24(7-9-25)35-17-5-4-12-31-13-15-32(16-14-31)19-23(33)20-36-26-10-11-28-27(18-26)30-22(3)39-28/h6-11,18,21,23,33H,4-5,12-17,19-20H2,1-3H3/t23-/m1/s1. The van der Waals surface area contributed by atoms with E-state index in [2.05, 4.69) is 14.8 Å². The zero-order valence-corrected chi connectivity index (χ0v) is 23.8. The van der Waals surface area contributed by atoms with Crippen LogP contribution in [0.25, 0.3) is 10.2 Å². The first-order chi connectivity index (χ1) is 18.9. The maximum absolute atomic E-state index is 11.5. The van der Waals surface area contributed by atoms with E-state index in [1.807, 2.05) is 25.1 Å². The van der Waals surface area contributed by atoms with Crippen molar-refractivity contribution in [3.63, 3.8) is 0 Å². The molecule has 0 aliphatic carbocycles. The highest BCUT2D eigenvalue weighted by Gasteiger charge is 2.19. The molecule has 1 aromatic heterocycles. The summed E-state index contributed by atoms with van der Waals surface area (Å²) < 4.78 is 12.8. The second kappa shape index (κ2) is 14.5. The average molecular weight is 558 g/mol. The number of hydrogen-bond acceptors (Lipinski definition) is 10. The Bertz CT molecular complexity index is 1180. The van der Waals surface area contributed by atoms with Gasteiger partial charge in [-0.25, -0.2) is 9.78 Å². The molecule has 0 saturated carbocycles. The van der Waals surface area contributed by atoms with Crippen molar-refractivity contribution in [3.05, 3.63) is 47.5 Å². The highest BCUT2D eigenvalue weighted by Crippen LogP contribution is 2.25. The van der Waals surface area contributed by atoms with Crippen LogP contribution in [0.5, 0.6) is 17.2 Å². The van der Waals surface area contributed by atoms with Crippen LogP contribution >= 0.6 is 11.3 Å². The molecular formula is C29H39N3O6S. The third-order valence-electron chi connectivity index (χ3n) is 6.49. The summed E-state index contributed by atoms with van der Waals surface area (Å²) in [6.45, 7) is 11.9. The molecule has 1 aliphatic heterocycles. The normalized spacial score (nSPS) is 15.4. The molecule has 4 rings (SSSR count). The molecule has 1 atom stereocenters. The number of hydrogen-bond donors (Lipinski definition) is 1. The van der Waals surface area contributed by atoms with Crippen molar-refractivity contribution in [2.75, 3.05) is 52.5 Å². The fraction of sp³-hybridized carbons (Fsp3) is 0.517. The van der Waals surface area contributed by atoms with Crippen LogP contribution in [0.1, 0.15) is 31.7 Å². The van der Waals surface area contributed by atoms with Crippen molar-refractivity contribution in [2.45, 2.75) is 39.7 Å². The lowest BCUT2D eigenvalue weighted by atomic mass is 10.2. The minimum Gasteiger partial charge on any atom is -0.494 e. The molecule has 0 unspecified atom stereocenters. The molecule has 1 fully saturated rings. The monoisotopic (exact) mass is 557 g/mol. The SMILES string of the molecule is Cc1nc2cc(OC[C@H](O)CN3CCN(CCCCOc4ccc(OOC(=O)C(C)C)cc4)CC3)ccc2s1. The van der Waals surface area contributed by atoms with Crippen molar-refractivity contribution in [3.8, 4) is 17.2 Å². The summed E-state index contributed by atoms with van der Waals surface area (Å²) in [7, 11) is 0. The van der Waals surface area contributed by atoms with Gasteiger partial charge in [0.25, 0.3) is 0 Å². The number of rotatable bonds is 14. The molecule has 10 heteroatoms. The molecule has 3 aromatic rings. The van der Waals surface area contributed by atoms with Crippen LogP contribution in [-0.4, -0.2) is 84.4 Å². The zero-order chi connectivity index (χ0) is 27.6. The van der Waals surface area contributed by atoms with Gasteiger partial charge in [0.1, 0.15) is 24.2 Å². The van der Waals surface area contributed by atoms with Crippen LogP contribution in [0.3, 0.4) is 0 Å². The molecule has 212 valence electrons. The highest BCUT2D eigenvalue weighted by molar-refractivity contribution is 7.18. The van der Waals surface area contributed by atoms with Crippen molar-refractivity contribution in [1.29, 1.82) is 0 Å². The van der Waals surface area contributed by atoms with Gasteiger partial charge in [0.2, 0.25) is 0 Å². The van der Waals surface area contributed by atoms with Crippen LogP contribution in [-0.2, 0) is 9.68 Å². The summed E-state index contributed by atoms with van der Waals surface area (Å²) in [6, 6.07) is 12.9. The summed E-state index contributed by atoms with van der Waals surface area (Å²) in [5, 5.41) is 11.5. The molecule has 1 saturated heterocycles. The fourth-order valence-corrected chi connectivity index (χ4v) is 5.06. The van der Waals surface area contributed by atoms with E-state index in [9.17, 15) is 9.90 Å². The number of unbranched alkanes of at least 4 members (excludes halogenated alkanes) is 1. The molecule has 1 N–H and O–H groups in total. The Morgan fingerprint density at radius 3 is 2.41 bits per heavy atom. The molecule has 1 aliphatic rings. The van der Waals surface area contributed by atoms with Crippen molar-refractivity contribution in [2.24, 2.45) is 5.92 Å². The maximum Gasteiger partial charge on any atom is 0.357 e. The average Bonchev–Trinajstić information content (AvgIpc) is 3.31. The third kappa shape index (κ3) is 9.35. The van der Waals surface area contributed by atoms with Crippen molar-refractivity contribution < 1.29 is 29.1 Å². The van der Waals surface area contributed by atoms with E-state index >= 15 is 0 Å².